The highest BCUT2D eigenvalue weighted by atomic mass is 16.3. The number of aliphatic hydroxyl groups excluding tert-OH is 1. The van der Waals surface area contributed by atoms with E-state index in [1.807, 2.05) is 25.1 Å². The molecule has 18 heavy (non-hydrogen) atoms. The molecule has 0 saturated carbocycles. The van der Waals surface area contributed by atoms with Crippen LogP contribution in [-0.4, -0.2) is 30.7 Å². The molecule has 0 radical (unpaired) electrons. The van der Waals surface area contributed by atoms with Gasteiger partial charge in [-0.1, -0.05) is 13.0 Å². The Hall–Kier alpha value is -1.39. The zero-order valence-corrected chi connectivity index (χ0v) is 10.7. The Morgan fingerprint density at radius 1 is 1.50 bits per heavy atom. The van der Waals surface area contributed by atoms with Gasteiger partial charge in [-0.25, -0.2) is 0 Å². The predicted octanol–water partition coefficient (Wildman–Crippen LogP) is 0.690. The van der Waals surface area contributed by atoms with Crippen molar-refractivity contribution >= 4 is 5.91 Å². The van der Waals surface area contributed by atoms with Crippen molar-refractivity contribution in [2.24, 2.45) is 5.92 Å². The molecule has 0 aliphatic carbocycles. The molecule has 0 fully saturated rings. The average Bonchev–Trinajstić information content (AvgIpc) is 2.43. The largest absolute Gasteiger partial charge is 0.396 e. The first-order chi connectivity index (χ1) is 8.70. The summed E-state index contributed by atoms with van der Waals surface area (Å²) in [6, 6.07) is 5.88. The van der Waals surface area contributed by atoms with Crippen molar-refractivity contribution in [3.05, 3.63) is 34.9 Å². The molecule has 4 nitrogen and oxygen atoms in total. The average molecular weight is 248 g/mol. The second kappa shape index (κ2) is 5.98. The van der Waals surface area contributed by atoms with Crippen LogP contribution in [0.25, 0.3) is 0 Å². The zero-order valence-electron chi connectivity index (χ0n) is 10.7. The molecular weight excluding hydrogens is 228 g/mol. The third-order valence-corrected chi connectivity index (χ3v) is 3.28. The number of carbonyl (C=O) groups is 1. The highest BCUT2D eigenvalue weighted by molar-refractivity contribution is 5.94. The Bertz CT molecular complexity index is 432. The van der Waals surface area contributed by atoms with Gasteiger partial charge in [0.1, 0.15) is 0 Å². The Morgan fingerprint density at radius 2 is 2.33 bits per heavy atom. The van der Waals surface area contributed by atoms with Crippen LogP contribution in [0.2, 0.25) is 0 Å². The van der Waals surface area contributed by atoms with Crippen molar-refractivity contribution in [1.82, 2.24) is 10.6 Å². The van der Waals surface area contributed by atoms with Crippen LogP contribution in [0.5, 0.6) is 0 Å². The standard InChI is InChI=1S/C14H20N2O2/c1-10(9-17)7-16-14(18)12-3-2-11-4-5-15-8-13(11)6-12/h2-3,6,10,15,17H,4-5,7-9H2,1H3,(H,16,18). The van der Waals surface area contributed by atoms with Crippen molar-refractivity contribution in [3.8, 4) is 0 Å². The van der Waals surface area contributed by atoms with Crippen molar-refractivity contribution < 1.29 is 9.90 Å². The number of hydrogen-bond acceptors (Lipinski definition) is 3. The van der Waals surface area contributed by atoms with E-state index in [4.69, 9.17) is 5.11 Å². The van der Waals surface area contributed by atoms with Crippen LogP contribution in [0.15, 0.2) is 18.2 Å². The lowest BCUT2D eigenvalue weighted by Crippen LogP contribution is -2.30. The lowest BCUT2D eigenvalue weighted by Gasteiger charge is -2.18. The molecule has 4 heteroatoms. The van der Waals surface area contributed by atoms with E-state index in [-0.39, 0.29) is 18.4 Å². The molecule has 0 saturated heterocycles. The number of carbonyl (C=O) groups excluding carboxylic acids is 1. The molecule has 1 aliphatic heterocycles. The third kappa shape index (κ3) is 3.09. The molecule has 1 unspecified atom stereocenters. The number of amides is 1. The smallest absolute Gasteiger partial charge is 0.251 e. The van der Waals surface area contributed by atoms with Gasteiger partial charge in [0.05, 0.1) is 0 Å². The van der Waals surface area contributed by atoms with E-state index in [1.54, 1.807) is 0 Å². The van der Waals surface area contributed by atoms with Crippen LogP contribution < -0.4 is 10.6 Å². The molecule has 0 spiro atoms. The van der Waals surface area contributed by atoms with Crippen molar-refractivity contribution in [3.63, 3.8) is 0 Å². The van der Waals surface area contributed by atoms with Gasteiger partial charge in [0, 0.05) is 25.3 Å². The number of aliphatic hydroxyl groups is 1. The van der Waals surface area contributed by atoms with E-state index < -0.39 is 0 Å². The molecule has 1 aliphatic rings. The molecule has 98 valence electrons. The van der Waals surface area contributed by atoms with Gasteiger partial charge in [-0.2, -0.15) is 0 Å². The third-order valence-electron chi connectivity index (χ3n) is 3.28. The van der Waals surface area contributed by atoms with Gasteiger partial charge < -0.3 is 15.7 Å². The quantitative estimate of drug-likeness (QED) is 0.734. The number of nitrogens with one attached hydrogen (secondary N) is 2. The van der Waals surface area contributed by atoms with Gasteiger partial charge >= 0.3 is 0 Å². The maximum absolute atomic E-state index is 11.9. The Balaban J connectivity index is 2.02. The fourth-order valence-corrected chi connectivity index (χ4v) is 2.06. The molecule has 0 aromatic heterocycles. The summed E-state index contributed by atoms with van der Waals surface area (Å²) in [5, 5.41) is 15.1. The number of fused-ring (bicyclic) bond motifs is 1. The van der Waals surface area contributed by atoms with Gasteiger partial charge in [0.2, 0.25) is 0 Å². The number of hydrogen-bond donors (Lipinski definition) is 3. The van der Waals surface area contributed by atoms with E-state index in [9.17, 15) is 4.79 Å². The predicted molar refractivity (Wildman–Crippen MR) is 70.4 cm³/mol. The van der Waals surface area contributed by atoms with E-state index >= 15 is 0 Å². The summed E-state index contributed by atoms with van der Waals surface area (Å²) < 4.78 is 0. The Kier molecular flexibility index (Phi) is 4.33. The lowest BCUT2D eigenvalue weighted by molar-refractivity contribution is 0.0942. The minimum atomic E-state index is -0.0660. The summed E-state index contributed by atoms with van der Waals surface area (Å²) in [5.74, 6) is 0.0249. The summed E-state index contributed by atoms with van der Waals surface area (Å²) in [7, 11) is 0. The molecule has 1 aromatic rings. The first-order valence-electron chi connectivity index (χ1n) is 6.42. The van der Waals surface area contributed by atoms with Crippen LogP contribution in [0.4, 0.5) is 0 Å². The van der Waals surface area contributed by atoms with Gasteiger partial charge in [0.15, 0.2) is 0 Å². The fourth-order valence-electron chi connectivity index (χ4n) is 2.06. The van der Waals surface area contributed by atoms with E-state index in [2.05, 4.69) is 10.6 Å². The first kappa shape index (κ1) is 13.1. The fraction of sp³-hybridized carbons (Fsp3) is 0.500. The Labute approximate surface area is 107 Å². The second-order valence-corrected chi connectivity index (χ2v) is 4.91. The summed E-state index contributed by atoms with van der Waals surface area (Å²) in [6.45, 7) is 4.34. The number of rotatable bonds is 4. The van der Waals surface area contributed by atoms with Crippen LogP contribution >= 0.6 is 0 Å². The lowest BCUT2D eigenvalue weighted by atomic mass is 9.98. The van der Waals surface area contributed by atoms with E-state index in [0.29, 0.717) is 12.1 Å². The second-order valence-electron chi connectivity index (χ2n) is 4.91. The van der Waals surface area contributed by atoms with Crippen molar-refractivity contribution in [1.29, 1.82) is 0 Å². The first-order valence-corrected chi connectivity index (χ1v) is 6.42. The molecule has 1 atom stereocenters. The molecule has 2 rings (SSSR count). The van der Waals surface area contributed by atoms with Crippen LogP contribution in [-0.2, 0) is 13.0 Å². The monoisotopic (exact) mass is 248 g/mol. The topological polar surface area (TPSA) is 61.4 Å². The van der Waals surface area contributed by atoms with E-state index in [1.165, 1.54) is 11.1 Å². The molecule has 1 amide bonds. The minimum absolute atomic E-state index is 0.0660. The number of benzene rings is 1. The van der Waals surface area contributed by atoms with Crippen molar-refractivity contribution in [2.75, 3.05) is 19.7 Å². The van der Waals surface area contributed by atoms with Crippen molar-refractivity contribution in [2.45, 2.75) is 19.9 Å². The summed E-state index contributed by atoms with van der Waals surface area (Å²) >= 11 is 0. The van der Waals surface area contributed by atoms with Crippen LogP contribution in [0.1, 0.15) is 28.4 Å². The molecule has 3 N–H and O–H groups in total. The minimum Gasteiger partial charge on any atom is -0.396 e. The van der Waals surface area contributed by atoms with Gasteiger partial charge in [-0.3, -0.25) is 4.79 Å². The van der Waals surface area contributed by atoms with Gasteiger partial charge in [0.25, 0.3) is 5.91 Å². The maximum atomic E-state index is 11.9. The van der Waals surface area contributed by atoms with Crippen LogP contribution in [0, 0.1) is 5.92 Å². The zero-order chi connectivity index (χ0) is 13.0. The SMILES string of the molecule is CC(CO)CNC(=O)c1ccc2c(c1)CNCC2. The normalized spacial score (nSPS) is 15.9. The molecule has 1 aromatic carbocycles. The molecular formula is C14H20N2O2. The van der Waals surface area contributed by atoms with Gasteiger partial charge in [-0.15, -0.1) is 0 Å². The van der Waals surface area contributed by atoms with Gasteiger partial charge in [-0.05, 0) is 42.1 Å². The van der Waals surface area contributed by atoms with Crippen LogP contribution in [0.3, 0.4) is 0 Å². The molecule has 1 heterocycles. The van der Waals surface area contributed by atoms with E-state index in [0.717, 1.165) is 19.5 Å². The summed E-state index contributed by atoms with van der Waals surface area (Å²) in [4.78, 5) is 11.9. The molecule has 0 bridgehead atoms. The highest BCUT2D eigenvalue weighted by Crippen LogP contribution is 2.15. The summed E-state index contributed by atoms with van der Waals surface area (Å²) in [6.07, 6.45) is 1.03. The summed E-state index contributed by atoms with van der Waals surface area (Å²) in [5.41, 5.74) is 3.24. The highest BCUT2D eigenvalue weighted by Gasteiger charge is 2.12. The maximum Gasteiger partial charge on any atom is 0.251 e. The Morgan fingerprint density at radius 3 is 3.11 bits per heavy atom.